The van der Waals surface area contributed by atoms with Gasteiger partial charge >= 0.3 is 0 Å². The summed E-state index contributed by atoms with van der Waals surface area (Å²) in [6, 6.07) is 9.87. The number of anilines is 1. The summed E-state index contributed by atoms with van der Waals surface area (Å²) in [6.45, 7) is 0. The van der Waals surface area contributed by atoms with Crippen molar-refractivity contribution in [3.8, 4) is 21.7 Å². The van der Waals surface area contributed by atoms with Crippen LogP contribution in [0.3, 0.4) is 0 Å². The third-order valence-electron chi connectivity index (χ3n) is 3.04. The Morgan fingerprint density at radius 2 is 2.15 bits per heavy atom. The molecule has 1 aromatic carbocycles. The molecule has 3 aromatic rings. The minimum Gasteiger partial charge on any atom is -0.383 e. The van der Waals surface area contributed by atoms with Gasteiger partial charge in [0.25, 0.3) is 0 Å². The molecule has 102 valence electrons. The molecule has 0 spiro atoms. The van der Waals surface area contributed by atoms with E-state index in [2.05, 4.69) is 21.0 Å². The van der Waals surface area contributed by atoms with E-state index in [-0.39, 0.29) is 0 Å². The number of hydrogen-bond donors (Lipinski definition) is 1. The van der Waals surface area contributed by atoms with E-state index in [0.29, 0.717) is 10.8 Å². The van der Waals surface area contributed by atoms with Crippen LogP contribution in [-0.2, 0) is 7.05 Å². The summed E-state index contributed by atoms with van der Waals surface area (Å²) in [5.41, 5.74) is 8.94. The summed E-state index contributed by atoms with van der Waals surface area (Å²) in [6.07, 6.45) is 0. The number of hydrogen-bond acceptors (Lipinski definition) is 3. The lowest BCUT2D eigenvalue weighted by atomic mass is 10.0. The van der Waals surface area contributed by atoms with Crippen LogP contribution in [0.2, 0.25) is 5.02 Å². The highest BCUT2D eigenvalue weighted by atomic mass is 79.9. The number of halogens is 2. The molecule has 2 aromatic heterocycles. The lowest BCUT2D eigenvalue weighted by Gasteiger charge is -2.04. The minimum atomic E-state index is 0.627. The van der Waals surface area contributed by atoms with Gasteiger partial charge in [0.15, 0.2) is 0 Å². The first-order valence-corrected chi connectivity index (χ1v) is 7.94. The third-order valence-corrected chi connectivity index (χ3v) is 4.88. The second kappa shape index (κ2) is 5.24. The Bertz CT molecular complexity index is 779. The van der Waals surface area contributed by atoms with Gasteiger partial charge < -0.3 is 5.73 Å². The maximum atomic E-state index is 6.24. The number of nitrogen functional groups attached to an aromatic ring is 1. The van der Waals surface area contributed by atoms with Crippen molar-refractivity contribution in [1.82, 2.24) is 9.78 Å². The fraction of sp³-hybridized carbons (Fsp3) is 0.0714. The van der Waals surface area contributed by atoms with Gasteiger partial charge in [-0.3, -0.25) is 4.68 Å². The highest BCUT2D eigenvalue weighted by molar-refractivity contribution is 9.10. The highest BCUT2D eigenvalue weighted by Crippen LogP contribution is 2.41. The van der Waals surface area contributed by atoms with Crippen molar-refractivity contribution in [1.29, 1.82) is 0 Å². The molecule has 0 radical (unpaired) electrons. The Labute approximate surface area is 134 Å². The predicted octanol–water partition coefficient (Wildman–Crippen LogP) is 4.81. The van der Waals surface area contributed by atoms with Crippen molar-refractivity contribution in [2.75, 3.05) is 5.73 Å². The largest absolute Gasteiger partial charge is 0.383 e. The fourth-order valence-electron chi connectivity index (χ4n) is 2.09. The first-order valence-electron chi connectivity index (χ1n) is 5.89. The first-order chi connectivity index (χ1) is 9.58. The molecule has 0 fully saturated rings. The van der Waals surface area contributed by atoms with E-state index in [1.807, 2.05) is 42.8 Å². The summed E-state index contributed by atoms with van der Waals surface area (Å²) in [4.78, 5) is 0.939. The number of benzene rings is 1. The van der Waals surface area contributed by atoms with E-state index in [9.17, 15) is 0 Å². The Morgan fingerprint density at radius 3 is 2.80 bits per heavy atom. The van der Waals surface area contributed by atoms with Crippen molar-refractivity contribution in [3.05, 3.63) is 45.2 Å². The van der Waals surface area contributed by atoms with E-state index in [1.54, 1.807) is 16.0 Å². The lowest BCUT2D eigenvalue weighted by molar-refractivity contribution is 0.783. The average molecular weight is 369 g/mol. The number of nitrogens with two attached hydrogens (primary N) is 1. The fourth-order valence-corrected chi connectivity index (χ4v) is 3.62. The van der Waals surface area contributed by atoms with Crippen molar-refractivity contribution in [2.24, 2.45) is 7.05 Å². The van der Waals surface area contributed by atoms with Gasteiger partial charge in [0.1, 0.15) is 11.5 Å². The van der Waals surface area contributed by atoms with Crippen LogP contribution in [0.4, 0.5) is 5.82 Å². The second-order valence-corrected chi connectivity index (χ2v) is 6.58. The average Bonchev–Trinajstić information content (AvgIpc) is 2.94. The molecule has 3 nitrogen and oxygen atoms in total. The third kappa shape index (κ3) is 2.26. The topological polar surface area (TPSA) is 43.8 Å². The molecule has 0 saturated carbocycles. The van der Waals surface area contributed by atoms with Crippen LogP contribution in [0.5, 0.6) is 0 Å². The summed E-state index contributed by atoms with van der Waals surface area (Å²) >= 11 is 11.3. The lowest BCUT2D eigenvalue weighted by Crippen LogP contribution is -1.97. The standard InChI is InChI=1S/C14H11BrClN3S/c1-19-14(17)11(8-3-2-4-9(15)7-8)12(18-19)13-10(16)5-6-20-13/h2-7H,17H2,1H3. The van der Waals surface area contributed by atoms with E-state index < -0.39 is 0 Å². The van der Waals surface area contributed by atoms with Gasteiger partial charge in [0.05, 0.1) is 15.5 Å². The Balaban J connectivity index is 2.28. The molecule has 0 saturated heterocycles. The van der Waals surface area contributed by atoms with Gasteiger partial charge in [-0.25, -0.2) is 0 Å². The predicted molar refractivity (Wildman–Crippen MR) is 89.1 cm³/mol. The first kappa shape index (κ1) is 13.7. The SMILES string of the molecule is Cn1nc(-c2sccc2Cl)c(-c2cccc(Br)c2)c1N. The molecule has 2 N–H and O–H groups in total. The molecule has 2 heterocycles. The second-order valence-electron chi connectivity index (χ2n) is 4.34. The normalized spacial score (nSPS) is 10.9. The van der Waals surface area contributed by atoms with Crippen LogP contribution in [0, 0.1) is 0 Å². The minimum absolute atomic E-state index is 0.627. The van der Waals surface area contributed by atoms with E-state index >= 15 is 0 Å². The molecule has 0 aliphatic heterocycles. The van der Waals surface area contributed by atoms with Gasteiger partial charge in [0.2, 0.25) is 0 Å². The zero-order valence-corrected chi connectivity index (χ0v) is 13.8. The van der Waals surface area contributed by atoms with Crippen LogP contribution in [-0.4, -0.2) is 9.78 Å². The van der Waals surface area contributed by atoms with Gasteiger partial charge in [-0.2, -0.15) is 5.10 Å². The monoisotopic (exact) mass is 367 g/mol. The summed E-state index contributed by atoms with van der Waals surface area (Å²) < 4.78 is 2.68. The van der Waals surface area contributed by atoms with Crippen LogP contribution >= 0.6 is 38.9 Å². The number of rotatable bonds is 2. The Kier molecular flexibility index (Phi) is 3.58. The summed E-state index contributed by atoms with van der Waals surface area (Å²) in [7, 11) is 1.84. The van der Waals surface area contributed by atoms with Crippen LogP contribution < -0.4 is 5.73 Å². The number of aromatic nitrogens is 2. The number of thiophene rings is 1. The zero-order chi connectivity index (χ0) is 14.3. The van der Waals surface area contributed by atoms with Crippen LogP contribution in [0.15, 0.2) is 40.2 Å². The molecule has 0 unspecified atom stereocenters. The molecule has 20 heavy (non-hydrogen) atoms. The maximum Gasteiger partial charge on any atom is 0.129 e. The number of nitrogens with zero attached hydrogens (tertiary/aromatic N) is 2. The summed E-state index contributed by atoms with van der Waals surface area (Å²) in [5.74, 6) is 0.627. The van der Waals surface area contributed by atoms with Crippen molar-refractivity contribution >= 4 is 44.7 Å². The van der Waals surface area contributed by atoms with Crippen LogP contribution in [0.1, 0.15) is 0 Å². The van der Waals surface area contributed by atoms with Crippen molar-refractivity contribution in [2.45, 2.75) is 0 Å². The molecule has 0 aliphatic carbocycles. The van der Waals surface area contributed by atoms with Crippen molar-refractivity contribution in [3.63, 3.8) is 0 Å². The van der Waals surface area contributed by atoms with Gasteiger partial charge in [-0.15, -0.1) is 11.3 Å². The summed E-state index contributed by atoms with van der Waals surface area (Å²) in [5, 5.41) is 7.17. The molecule has 6 heteroatoms. The zero-order valence-electron chi connectivity index (χ0n) is 10.6. The van der Waals surface area contributed by atoms with Crippen LogP contribution in [0.25, 0.3) is 21.7 Å². The smallest absolute Gasteiger partial charge is 0.129 e. The van der Waals surface area contributed by atoms with E-state index in [1.165, 1.54) is 0 Å². The Hall–Kier alpha value is -1.30. The quantitative estimate of drug-likeness (QED) is 0.705. The van der Waals surface area contributed by atoms with E-state index in [4.69, 9.17) is 17.3 Å². The molecule has 0 amide bonds. The van der Waals surface area contributed by atoms with E-state index in [0.717, 1.165) is 26.2 Å². The highest BCUT2D eigenvalue weighted by Gasteiger charge is 2.20. The molecular weight excluding hydrogens is 358 g/mol. The number of aryl methyl sites for hydroxylation is 1. The Morgan fingerprint density at radius 1 is 1.35 bits per heavy atom. The van der Waals surface area contributed by atoms with Crippen molar-refractivity contribution < 1.29 is 0 Å². The van der Waals surface area contributed by atoms with Gasteiger partial charge in [-0.05, 0) is 29.1 Å². The molecular formula is C14H11BrClN3S. The van der Waals surface area contributed by atoms with Gasteiger partial charge in [-0.1, -0.05) is 39.7 Å². The molecule has 0 atom stereocenters. The molecule has 3 rings (SSSR count). The molecule has 0 bridgehead atoms. The molecule has 0 aliphatic rings. The van der Waals surface area contributed by atoms with Gasteiger partial charge in [0, 0.05) is 11.5 Å². The maximum absolute atomic E-state index is 6.24.